The number of aromatic nitrogens is 1. The number of carbonyl (C=O) groups is 1. The van der Waals surface area contributed by atoms with Crippen LogP contribution in [0.15, 0.2) is 18.3 Å². The molecule has 1 aromatic rings. The zero-order valence-electron chi connectivity index (χ0n) is 12.6. The largest absolute Gasteiger partial charge is 0.370 e. The molecule has 112 valence electrons. The zero-order chi connectivity index (χ0) is 14.8. The van der Waals surface area contributed by atoms with Crippen LogP contribution in [0.5, 0.6) is 0 Å². The molecular weight excluding hydrogens is 270 g/mol. The van der Waals surface area contributed by atoms with Crippen LogP contribution in [0.2, 0.25) is 0 Å². The normalized spacial score (nSPS) is 11.9. The van der Waals surface area contributed by atoms with Gasteiger partial charge >= 0.3 is 0 Å². The van der Waals surface area contributed by atoms with Crippen molar-refractivity contribution in [3.8, 4) is 0 Å². The van der Waals surface area contributed by atoms with E-state index in [1.807, 2.05) is 30.8 Å². The van der Waals surface area contributed by atoms with Gasteiger partial charge in [-0.3, -0.25) is 4.79 Å². The summed E-state index contributed by atoms with van der Waals surface area (Å²) in [6.07, 6.45) is 3.67. The predicted molar refractivity (Wildman–Crippen MR) is 87.6 cm³/mol. The van der Waals surface area contributed by atoms with E-state index in [0.717, 1.165) is 36.7 Å². The number of hydrogen-bond acceptors (Lipinski definition) is 4. The second-order valence-corrected chi connectivity index (χ2v) is 6.11. The average Bonchev–Trinajstić information content (AvgIpc) is 2.46. The highest BCUT2D eigenvalue weighted by atomic mass is 32.2. The summed E-state index contributed by atoms with van der Waals surface area (Å²) in [5.41, 5.74) is 0.613. The van der Waals surface area contributed by atoms with Crippen molar-refractivity contribution in [1.29, 1.82) is 0 Å². The first-order valence-electron chi connectivity index (χ1n) is 7.25. The van der Waals surface area contributed by atoms with Gasteiger partial charge in [0.2, 0.25) is 0 Å². The molecule has 0 aliphatic rings. The maximum atomic E-state index is 12.0. The second kappa shape index (κ2) is 9.64. The molecule has 5 heteroatoms. The third kappa shape index (κ3) is 6.28. The van der Waals surface area contributed by atoms with E-state index >= 15 is 0 Å². The Morgan fingerprint density at radius 1 is 1.40 bits per heavy atom. The van der Waals surface area contributed by atoms with Crippen molar-refractivity contribution >= 4 is 23.5 Å². The highest BCUT2D eigenvalue weighted by Gasteiger charge is 2.10. The molecule has 0 bridgehead atoms. The van der Waals surface area contributed by atoms with E-state index < -0.39 is 0 Å². The molecule has 0 aromatic carbocycles. The van der Waals surface area contributed by atoms with Gasteiger partial charge in [0.1, 0.15) is 5.82 Å². The summed E-state index contributed by atoms with van der Waals surface area (Å²) in [5.74, 6) is 2.97. The molecule has 2 N–H and O–H groups in total. The van der Waals surface area contributed by atoms with Crippen molar-refractivity contribution in [2.75, 3.05) is 23.4 Å². The SMILES string of the molecule is CCCNc1ccc(C(=O)NC(C)CCSCC)cn1. The van der Waals surface area contributed by atoms with Gasteiger partial charge in [-0.25, -0.2) is 4.98 Å². The Balaban J connectivity index is 2.42. The molecule has 0 fully saturated rings. The molecule has 1 unspecified atom stereocenters. The van der Waals surface area contributed by atoms with E-state index in [1.54, 1.807) is 6.20 Å². The van der Waals surface area contributed by atoms with Gasteiger partial charge in [-0.2, -0.15) is 11.8 Å². The van der Waals surface area contributed by atoms with Gasteiger partial charge in [0.25, 0.3) is 5.91 Å². The van der Waals surface area contributed by atoms with E-state index in [9.17, 15) is 4.79 Å². The smallest absolute Gasteiger partial charge is 0.253 e. The Morgan fingerprint density at radius 3 is 2.80 bits per heavy atom. The molecule has 0 spiro atoms. The van der Waals surface area contributed by atoms with E-state index in [-0.39, 0.29) is 11.9 Å². The fraction of sp³-hybridized carbons (Fsp3) is 0.600. The van der Waals surface area contributed by atoms with Gasteiger partial charge in [-0.1, -0.05) is 13.8 Å². The highest BCUT2D eigenvalue weighted by molar-refractivity contribution is 7.99. The van der Waals surface area contributed by atoms with Gasteiger partial charge in [0.15, 0.2) is 0 Å². The Bertz CT molecular complexity index is 395. The first kappa shape index (κ1) is 16.8. The maximum absolute atomic E-state index is 12.0. The molecular formula is C15H25N3OS. The van der Waals surface area contributed by atoms with Crippen LogP contribution in [0.1, 0.15) is 44.0 Å². The molecule has 1 amide bonds. The fourth-order valence-corrected chi connectivity index (χ4v) is 2.48. The second-order valence-electron chi connectivity index (χ2n) is 4.72. The van der Waals surface area contributed by atoms with Crippen molar-refractivity contribution in [1.82, 2.24) is 10.3 Å². The van der Waals surface area contributed by atoms with Crippen molar-refractivity contribution in [2.24, 2.45) is 0 Å². The van der Waals surface area contributed by atoms with Gasteiger partial charge < -0.3 is 10.6 Å². The lowest BCUT2D eigenvalue weighted by molar-refractivity contribution is 0.0939. The Hall–Kier alpha value is -1.23. The summed E-state index contributed by atoms with van der Waals surface area (Å²) in [7, 11) is 0. The third-order valence-electron chi connectivity index (χ3n) is 2.86. The van der Waals surface area contributed by atoms with Crippen molar-refractivity contribution < 1.29 is 4.79 Å². The van der Waals surface area contributed by atoms with Crippen LogP contribution in [0.3, 0.4) is 0 Å². The zero-order valence-corrected chi connectivity index (χ0v) is 13.4. The molecule has 1 atom stereocenters. The summed E-state index contributed by atoms with van der Waals surface area (Å²) < 4.78 is 0. The van der Waals surface area contributed by atoms with E-state index in [1.165, 1.54) is 0 Å². The van der Waals surface area contributed by atoms with Gasteiger partial charge in [-0.15, -0.1) is 0 Å². The summed E-state index contributed by atoms with van der Waals surface area (Å²) in [5, 5.41) is 6.20. The lowest BCUT2D eigenvalue weighted by Crippen LogP contribution is -2.33. The molecule has 0 radical (unpaired) electrons. The summed E-state index contributed by atoms with van der Waals surface area (Å²) in [6, 6.07) is 3.86. The van der Waals surface area contributed by atoms with E-state index in [0.29, 0.717) is 5.56 Å². The number of hydrogen-bond donors (Lipinski definition) is 2. The molecule has 0 saturated heterocycles. The minimum Gasteiger partial charge on any atom is -0.370 e. The van der Waals surface area contributed by atoms with Crippen LogP contribution in [0.4, 0.5) is 5.82 Å². The van der Waals surface area contributed by atoms with E-state index in [4.69, 9.17) is 0 Å². The topological polar surface area (TPSA) is 54.0 Å². The molecule has 20 heavy (non-hydrogen) atoms. The summed E-state index contributed by atoms with van der Waals surface area (Å²) >= 11 is 1.90. The first-order chi connectivity index (χ1) is 9.67. The number of nitrogens with one attached hydrogen (secondary N) is 2. The Morgan fingerprint density at radius 2 is 2.20 bits per heavy atom. The number of carbonyl (C=O) groups excluding carboxylic acids is 1. The molecule has 0 aliphatic carbocycles. The monoisotopic (exact) mass is 295 g/mol. The number of pyridine rings is 1. The molecule has 0 saturated carbocycles. The molecule has 0 aliphatic heterocycles. The Labute approximate surface area is 126 Å². The maximum Gasteiger partial charge on any atom is 0.253 e. The lowest BCUT2D eigenvalue weighted by atomic mass is 10.2. The third-order valence-corrected chi connectivity index (χ3v) is 3.79. The summed E-state index contributed by atoms with van der Waals surface area (Å²) in [4.78, 5) is 16.3. The lowest BCUT2D eigenvalue weighted by Gasteiger charge is -2.13. The minimum absolute atomic E-state index is 0.0476. The predicted octanol–water partition coefficient (Wildman–Crippen LogP) is 3.17. The van der Waals surface area contributed by atoms with Crippen LogP contribution in [0.25, 0.3) is 0 Å². The Kier molecular flexibility index (Phi) is 8.11. The molecule has 1 aromatic heterocycles. The van der Waals surface area contributed by atoms with Gasteiger partial charge in [-0.05, 0) is 43.4 Å². The number of amides is 1. The molecule has 4 nitrogen and oxygen atoms in total. The number of nitrogens with zero attached hydrogens (tertiary/aromatic N) is 1. The van der Waals surface area contributed by atoms with Gasteiger partial charge in [0.05, 0.1) is 5.56 Å². The fourth-order valence-electron chi connectivity index (χ4n) is 1.67. The minimum atomic E-state index is -0.0476. The van der Waals surface area contributed by atoms with Crippen LogP contribution < -0.4 is 10.6 Å². The number of rotatable bonds is 9. The first-order valence-corrected chi connectivity index (χ1v) is 8.41. The highest BCUT2D eigenvalue weighted by Crippen LogP contribution is 2.07. The van der Waals surface area contributed by atoms with Crippen LogP contribution in [-0.4, -0.2) is 35.0 Å². The average molecular weight is 295 g/mol. The van der Waals surface area contributed by atoms with E-state index in [2.05, 4.69) is 29.5 Å². The van der Waals surface area contributed by atoms with Crippen molar-refractivity contribution in [3.05, 3.63) is 23.9 Å². The van der Waals surface area contributed by atoms with Gasteiger partial charge in [0, 0.05) is 18.8 Å². The quantitative estimate of drug-likeness (QED) is 0.687. The number of thioether (sulfide) groups is 1. The van der Waals surface area contributed by atoms with Crippen LogP contribution >= 0.6 is 11.8 Å². The van der Waals surface area contributed by atoms with Crippen molar-refractivity contribution in [2.45, 2.75) is 39.7 Å². The number of anilines is 1. The molecule has 1 rings (SSSR count). The van der Waals surface area contributed by atoms with Crippen molar-refractivity contribution in [3.63, 3.8) is 0 Å². The standard InChI is InChI=1S/C15H25N3OS/c1-4-9-16-14-7-6-13(11-17-14)15(19)18-12(3)8-10-20-5-2/h6-7,11-12H,4-5,8-10H2,1-3H3,(H,16,17)(H,18,19). The molecule has 1 heterocycles. The van der Waals surface area contributed by atoms with Crippen LogP contribution in [0, 0.1) is 0 Å². The summed E-state index contributed by atoms with van der Waals surface area (Å²) in [6.45, 7) is 7.18. The van der Waals surface area contributed by atoms with Crippen LogP contribution in [-0.2, 0) is 0 Å².